The second kappa shape index (κ2) is 3.83. The van der Waals surface area contributed by atoms with Crippen molar-refractivity contribution in [1.29, 1.82) is 0 Å². The van der Waals surface area contributed by atoms with Crippen LogP contribution in [0, 0.1) is 24.7 Å². The molecular weight excluding hydrogens is 186 g/mol. The van der Waals surface area contributed by atoms with Crippen molar-refractivity contribution in [3.05, 3.63) is 0 Å². The first-order valence-corrected chi connectivity index (χ1v) is 5.49. The first kappa shape index (κ1) is 10.1. The minimum absolute atomic E-state index is 0.0725. The lowest BCUT2D eigenvalue weighted by molar-refractivity contribution is 0.481. The quantitative estimate of drug-likeness (QED) is 0.597. The third-order valence-corrected chi connectivity index (χ3v) is 4.13. The smallest absolute Gasteiger partial charge is 0.212 e. The summed E-state index contributed by atoms with van der Waals surface area (Å²) in [4.78, 5) is 0. The number of terminal acetylenes is 2. The minimum atomic E-state index is -3.20. The Morgan fingerprint density at radius 1 is 1.23 bits per heavy atom. The summed E-state index contributed by atoms with van der Waals surface area (Å²) in [5.74, 6) is 4.59. The van der Waals surface area contributed by atoms with Gasteiger partial charge in [-0.3, -0.25) is 0 Å². The average molecular weight is 197 g/mol. The van der Waals surface area contributed by atoms with Crippen molar-refractivity contribution in [2.24, 2.45) is 0 Å². The van der Waals surface area contributed by atoms with Crippen LogP contribution in [0.5, 0.6) is 0 Å². The van der Waals surface area contributed by atoms with Crippen LogP contribution in [-0.2, 0) is 10.0 Å². The van der Waals surface area contributed by atoms with Crippen LogP contribution in [-0.4, -0.2) is 31.1 Å². The first-order valence-electron chi connectivity index (χ1n) is 3.99. The molecule has 70 valence electrons. The molecule has 0 N–H and O–H groups in total. The van der Waals surface area contributed by atoms with E-state index in [-0.39, 0.29) is 18.3 Å². The zero-order valence-corrected chi connectivity index (χ0v) is 8.05. The van der Waals surface area contributed by atoms with E-state index in [0.717, 1.165) is 12.8 Å². The van der Waals surface area contributed by atoms with Crippen molar-refractivity contribution in [2.45, 2.75) is 18.1 Å². The fourth-order valence-electron chi connectivity index (χ4n) is 1.02. The molecule has 0 aromatic rings. The summed E-state index contributed by atoms with van der Waals surface area (Å²) in [6.07, 6.45) is 11.6. The highest BCUT2D eigenvalue weighted by molar-refractivity contribution is 7.90. The van der Waals surface area contributed by atoms with Crippen LogP contribution >= 0.6 is 0 Å². The number of hydrogen-bond acceptors (Lipinski definition) is 2. The molecular formula is C9H11NO2S. The van der Waals surface area contributed by atoms with Crippen molar-refractivity contribution in [2.75, 3.05) is 13.1 Å². The summed E-state index contributed by atoms with van der Waals surface area (Å²) in [7, 11) is -3.20. The molecule has 4 heteroatoms. The Labute approximate surface area is 79.2 Å². The molecule has 0 unspecified atom stereocenters. The lowest BCUT2D eigenvalue weighted by atomic mass is 10.6. The normalized spacial score (nSPS) is 16.5. The fraction of sp³-hybridized carbons (Fsp3) is 0.556. The molecule has 1 aliphatic rings. The Kier molecular flexibility index (Phi) is 2.98. The summed E-state index contributed by atoms with van der Waals surface area (Å²) >= 11 is 0. The molecule has 0 radical (unpaired) electrons. The van der Waals surface area contributed by atoms with E-state index >= 15 is 0 Å². The largest absolute Gasteiger partial charge is 0.218 e. The number of nitrogens with zero attached hydrogens (tertiary/aromatic N) is 1. The van der Waals surface area contributed by atoms with Gasteiger partial charge < -0.3 is 0 Å². The molecule has 0 heterocycles. The second-order valence-corrected chi connectivity index (χ2v) is 5.13. The molecule has 0 spiro atoms. The maximum atomic E-state index is 11.6. The van der Waals surface area contributed by atoms with E-state index in [9.17, 15) is 8.42 Å². The Hall–Kier alpha value is -0.970. The maximum absolute atomic E-state index is 11.6. The van der Waals surface area contributed by atoms with Crippen molar-refractivity contribution in [3.8, 4) is 24.7 Å². The maximum Gasteiger partial charge on any atom is 0.218 e. The van der Waals surface area contributed by atoms with Crippen LogP contribution in [0.15, 0.2) is 0 Å². The highest BCUT2D eigenvalue weighted by Crippen LogP contribution is 2.30. The topological polar surface area (TPSA) is 37.4 Å². The summed E-state index contributed by atoms with van der Waals surface area (Å²) in [6.45, 7) is 0.145. The van der Waals surface area contributed by atoms with Crippen LogP contribution < -0.4 is 0 Å². The van der Waals surface area contributed by atoms with Gasteiger partial charge in [0.1, 0.15) is 0 Å². The van der Waals surface area contributed by atoms with Gasteiger partial charge in [-0.25, -0.2) is 8.42 Å². The Balaban J connectivity index is 2.75. The van der Waals surface area contributed by atoms with Crippen LogP contribution in [0.25, 0.3) is 0 Å². The van der Waals surface area contributed by atoms with Crippen molar-refractivity contribution >= 4 is 10.0 Å². The van der Waals surface area contributed by atoms with Gasteiger partial charge in [0.15, 0.2) is 0 Å². The zero-order chi connectivity index (χ0) is 9.90. The van der Waals surface area contributed by atoms with Gasteiger partial charge in [0.05, 0.1) is 18.3 Å². The average Bonchev–Trinajstić information content (AvgIpc) is 2.86. The molecule has 0 saturated heterocycles. The van der Waals surface area contributed by atoms with E-state index in [1.807, 2.05) is 0 Å². The van der Waals surface area contributed by atoms with Gasteiger partial charge in [0, 0.05) is 0 Å². The molecule has 1 rings (SSSR count). The summed E-state index contributed by atoms with van der Waals surface area (Å²) < 4.78 is 24.4. The number of sulfonamides is 1. The number of rotatable bonds is 4. The number of hydrogen-bond donors (Lipinski definition) is 0. The van der Waals surface area contributed by atoms with E-state index in [4.69, 9.17) is 12.8 Å². The van der Waals surface area contributed by atoms with E-state index in [1.165, 1.54) is 4.31 Å². The molecule has 0 aliphatic heterocycles. The van der Waals surface area contributed by atoms with E-state index < -0.39 is 10.0 Å². The van der Waals surface area contributed by atoms with Gasteiger partial charge in [-0.2, -0.15) is 4.31 Å². The molecule has 1 aliphatic carbocycles. The standard InChI is InChI=1S/C9H11NO2S/c1-3-7-10(8-4-2)13(11,12)9-5-6-9/h1-2,9H,5-8H2. The Bertz CT molecular complexity index is 338. The van der Waals surface area contributed by atoms with Crippen LogP contribution in [0.1, 0.15) is 12.8 Å². The molecule has 0 aromatic carbocycles. The third kappa shape index (κ3) is 2.24. The van der Waals surface area contributed by atoms with Crippen LogP contribution in [0.2, 0.25) is 0 Å². The third-order valence-electron chi connectivity index (χ3n) is 1.84. The molecule has 0 amide bonds. The van der Waals surface area contributed by atoms with Gasteiger partial charge in [-0.05, 0) is 12.8 Å². The monoisotopic (exact) mass is 197 g/mol. The molecule has 0 atom stereocenters. The Morgan fingerprint density at radius 2 is 1.69 bits per heavy atom. The second-order valence-electron chi connectivity index (χ2n) is 2.92. The summed E-state index contributed by atoms with van der Waals surface area (Å²) in [6, 6.07) is 0. The van der Waals surface area contributed by atoms with E-state index in [2.05, 4.69) is 11.8 Å². The zero-order valence-electron chi connectivity index (χ0n) is 7.23. The molecule has 0 bridgehead atoms. The highest BCUT2D eigenvalue weighted by atomic mass is 32.2. The van der Waals surface area contributed by atoms with E-state index in [1.54, 1.807) is 0 Å². The summed E-state index contributed by atoms with van der Waals surface area (Å²) in [5, 5.41) is -0.241. The molecule has 1 saturated carbocycles. The van der Waals surface area contributed by atoms with Crippen molar-refractivity contribution in [1.82, 2.24) is 4.31 Å². The lowest BCUT2D eigenvalue weighted by Crippen LogP contribution is -2.34. The van der Waals surface area contributed by atoms with Crippen LogP contribution in [0.3, 0.4) is 0 Å². The Morgan fingerprint density at radius 3 is 2.00 bits per heavy atom. The van der Waals surface area contributed by atoms with Crippen LogP contribution in [0.4, 0.5) is 0 Å². The molecule has 0 aromatic heterocycles. The first-order chi connectivity index (χ1) is 6.12. The SMILES string of the molecule is C#CCN(CC#C)S(=O)(=O)C1CC1. The van der Waals surface area contributed by atoms with E-state index in [0.29, 0.717) is 0 Å². The lowest BCUT2D eigenvalue weighted by Gasteiger charge is -2.16. The molecule has 13 heavy (non-hydrogen) atoms. The van der Waals surface area contributed by atoms with Gasteiger partial charge in [0.25, 0.3) is 0 Å². The fourth-order valence-corrected chi connectivity index (χ4v) is 2.68. The highest BCUT2D eigenvalue weighted by Gasteiger charge is 2.39. The minimum Gasteiger partial charge on any atom is -0.212 e. The molecule has 3 nitrogen and oxygen atoms in total. The van der Waals surface area contributed by atoms with Crippen molar-refractivity contribution in [3.63, 3.8) is 0 Å². The van der Waals surface area contributed by atoms with Gasteiger partial charge in [0.2, 0.25) is 10.0 Å². The predicted octanol–water partition coefficient (Wildman–Crippen LogP) is 0.0470. The van der Waals surface area contributed by atoms with Gasteiger partial charge >= 0.3 is 0 Å². The summed E-state index contributed by atoms with van der Waals surface area (Å²) in [5.41, 5.74) is 0. The van der Waals surface area contributed by atoms with Gasteiger partial charge in [-0.1, -0.05) is 11.8 Å². The molecule has 1 fully saturated rings. The van der Waals surface area contributed by atoms with Gasteiger partial charge in [-0.15, -0.1) is 12.8 Å². The predicted molar refractivity (Wildman–Crippen MR) is 51.2 cm³/mol. The van der Waals surface area contributed by atoms with Crippen molar-refractivity contribution < 1.29 is 8.42 Å².